The SMILES string of the molecule is CCOc1cccc(Oc2ccc(C(N)=S)c(C)c2)c1. The largest absolute Gasteiger partial charge is 0.494 e. The molecule has 0 saturated carbocycles. The van der Waals surface area contributed by atoms with Gasteiger partial charge in [0.15, 0.2) is 0 Å². The highest BCUT2D eigenvalue weighted by molar-refractivity contribution is 7.80. The summed E-state index contributed by atoms with van der Waals surface area (Å²) in [7, 11) is 0. The highest BCUT2D eigenvalue weighted by atomic mass is 32.1. The van der Waals surface area contributed by atoms with E-state index in [2.05, 4.69) is 0 Å². The summed E-state index contributed by atoms with van der Waals surface area (Å²) in [4.78, 5) is 0.396. The Kier molecular flexibility index (Phi) is 4.58. The first kappa shape index (κ1) is 14.3. The number of hydrogen-bond acceptors (Lipinski definition) is 3. The van der Waals surface area contributed by atoms with Crippen molar-refractivity contribution in [2.75, 3.05) is 6.61 Å². The predicted octanol–water partition coefficient (Wildman–Crippen LogP) is 3.82. The van der Waals surface area contributed by atoms with Crippen LogP contribution in [0.5, 0.6) is 17.2 Å². The summed E-state index contributed by atoms with van der Waals surface area (Å²) in [6, 6.07) is 13.2. The van der Waals surface area contributed by atoms with Gasteiger partial charge in [-0.15, -0.1) is 0 Å². The van der Waals surface area contributed by atoms with Gasteiger partial charge in [-0.1, -0.05) is 18.3 Å². The average Bonchev–Trinajstić information content (AvgIpc) is 2.39. The normalized spacial score (nSPS) is 10.1. The van der Waals surface area contributed by atoms with Crippen molar-refractivity contribution in [2.45, 2.75) is 13.8 Å². The number of aryl methyl sites for hydroxylation is 1. The van der Waals surface area contributed by atoms with Gasteiger partial charge in [0.1, 0.15) is 22.2 Å². The molecule has 0 heterocycles. The molecule has 3 nitrogen and oxygen atoms in total. The molecule has 0 unspecified atom stereocenters. The van der Waals surface area contributed by atoms with Crippen molar-refractivity contribution in [3.8, 4) is 17.2 Å². The molecule has 0 spiro atoms. The van der Waals surface area contributed by atoms with Gasteiger partial charge in [0.05, 0.1) is 6.61 Å². The molecule has 2 aromatic carbocycles. The van der Waals surface area contributed by atoms with Crippen LogP contribution < -0.4 is 15.2 Å². The third-order valence-electron chi connectivity index (χ3n) is 2.82. The Morgan fingerprint density at radius 3 is 2.45 bits per heavy atom. The van der Waals surface area contributed by atoms with Crippen molar-refractivity contribution in [2.24, 2.45) is 5.73 Å². The number of benzene rings is 2. The van der Waals surface area contributed by atoms with Crippen molar-refractivity contribution in [1.29, 1.82) is 0 Å². The lowest BCUT2D eigenvalue weighted by Crippen LogP contribution is -2.10. The first-order valence-corrected chi connectivity index (χ1v) is 6.82. The highest BCUT2D eigenvalue weighted by Gasteiger charge is 2.05. The lowest BCUT2D eigenvalue weighted by Gasteiger charge is -2.10. The molecule has 0 radical (unpaired) electrons. The van der Waals surface area contributed by atoms with Gasteiger partial charge in [-0.25, -0.2) is 0 Å². The summed E-state index contributed by atoms with van der Waals surface area (Å²) in [5, 5.41) is 0. The average molecular weight is 287 g/mol. The van der Waals surface area contributed by atoms with Crippen molar-refractivity contribution in [3.63, 3.8) is 0 Å². The molecule has 104 valence electrons. The van der Waals surface area contributed by atoms with Gasteiger partial charge in [-0.3, -0.25) is 0 Å². The fraction of sp³-hybridized carbons (Fsp3) is 0.188. The molecule has 0 fully saturated rings. The first-order chi connectivity index (χ1) is 9.60. The van der Waals surface area contributed by atoms with Crippen LogP contribution in [-0.4, -0.2) is 11.6 Å². The molecular formula is C16H17NO2S. The van der Waals surface area contributed by atoms with E-state index in [4.69, 9.17) is 27.4 Å². The second-order valence-corrected chi connectivity index (χ2v) is 4.79. The van der Waals surface area contributed by atoms with Gasteiger partial charge in [0.2, 0.25) is 0 Å². The summed E-state index contributed by atoms with van der Waals surface area (Å²) in [6.07, 6.45) is 0. The molecule has 0 amide bonds. The first-order valence-electron chi connectivity index (χ1n) is 6.41. The third kappa shape index (κ3) is 3.48. The van der Waals surface area contributed by atoms with Gasteiger partial charge >= 0.3 is 0 Å². The number of nitrogens with two attached hydrogens (primary N) is 1. The summed E-state index contributed by atoms with van der Waals surface area (Å²) < 4.78 is 11.3. The van der Waals surface area contributed by atoms with Gasteiger partial charge in [0, 0.05) is 11.6 Å². The lowest BCUT2D eigenvalue weighted by molar-refractivity contribution is 0.338. The van der Waals surface area contributed by atoms with Crippen molar-refractivity contribution in [1.82, 2.24) is 0 Å². The van der Waals surface area contributed by atoms with Gasteiger partial charge in [-0.05, 0) is 49.7 Å². The molecule has 0 aromatic heterocycles. The molecule has 4 heteroatoms. The van der Waals surface area contributed by atoms with E-state index >= 15 is 0 Å². The van der Waals surface area contributed by atoms with E-state index in [1.54, 1.807) is 0 Å². The van der Waals surface area contributed by atoms with Crippen LogP contribution in [0, 0.1) is 6.92 Å². The summed E-state index contributed by atoms with van der Waals surface area (Å²) >= 11 is 4.99. The summed E-state index contributed by atoms with van der Waals surface area (Å²) in [5.74, 6) is 2.27. The zero-order valence-corrected chi connectivity index (χ0v) is 12.4. The molecule has 0 aliphatic rings. The maximum atomic E-state index is 5.82. The lowest BCUT2D eigenvalue weighted by atomic mass is 10.1. The molecule has 20 heavy (non-hydrogen) atoms. The van der Waals surface area contributed by atoms with Crippen LogP contribution in [-0.2, 0) is 0 Å². The Balaban J connectivity index is 2.19. The van der Waals surface area contributed by atoms with Crippen molar-refractivity contribution < 1.29 is 9.47 Å². The van der Waals surface area contributed by atoms with Crippen LogP contribution in [0.2, 0.25) is 0 Å². The van der Waals surface area contributed by atoms with Crippen LogP contribution in [0.3, 0.4) is 0 Å². The molecule has 0 atom stereocenters. The molecule has 2 rings (SSSR count). The van der Waals surface area contributed by atoms with E-state index < -0.39 is 0 Å². The second kappa shape index (κ2) is 6.39. The molecule has 0 bridgehead atoms. The zero-order chi connectivity index (χ0) is 14.5. The number of thiocarbonyl (C=S) groups is 1. The number of rotatable bonds is 5. The monoisotopic (exact) mass is 287 g/mol. The van der Waals surface area contributed by atoms with Crippen LogP contribution in [0.15, 0.2) is 42.5 Å². The standard InChI is InChI=1S/C16H17NO2S/c1-3-18-12-5-4-6-13(10-12)19-14-7-8-15(16(17)20)11(2)9-14/h4-10H,3H2,1-2H3,(H2,17,20). The number of ether oxygens (including phenoxy) is 2. The van der Waals surface area contributed by atoms with E-state index in [-0.39, 0.29) is 0 Å². The molecule has 2 N–H and O–H groups in total. The highest BCUT2D eigenvalue weighted by Crippen LogP contribution is 2.26. The minimum atomic E-state index is 0.396. The van der Waals surface area contributed by atoms with E-state index in [9.17, 15) is 0 Å². The van der Waals surface area contributed by atoms with Gasteiger partial charge in [-0.2, -0.15) is 0 Å². The number of hydrogen-bond donors (Lipinski definition) is 1. The fourth-order valence-corrected chi connectivity index (χ4v) is 2.14. The smallest absolute Gasteiger partial charge is 0.131 e. The van der Waals surface area contributed by atoms with Crippen molar-refractivity contribution >= 4 is 17.2 Å². The van der Waals surface area contributed by atoms with E-state index in [0.717, 1.165) is 28.4 Å². The minimum absolute atomic E-state index is 0.396. The topological polar surface area (TPSA) is 44.5 Å². The summed E-state index contributed by atoms with van der Waals surface area (Å²) in [6.45, 7) is 4.54. The Morgan fingerprint density at radius 2 is 1.80 bits per heavy atom. The van der Waals surface area contributed by atoms with Crippen LogP contribution in [0.1, 0.15) is 18.1 Å². The quantitative estimate of drug-likeness (QED) is 0.849. The van der Waals surface area contributed by atoms with Gasteiger partial charge in [0.25, 0.3) is 0 Å². The Bertz CT molecular complexity index is 626. The zero-order valence-electron chi connectivity index (χ0n) is 11.6. The Morgan fingerprint density at radius 1 is 1.10 bits per heavy atom. The predicted molar refractivity (Wildman–Crippen MR) is 84.8 cm³/mol. The molecule has 2 aromatic rings. The minimum Gasteiger partial charge on any atom is -0.494 e. The molecular weight excluding hydrogens is 270 g/mol. The van der Waals surface area contributed by atoms with Crippen LogP contribution in [0.25, 0.3) is 0 Å². The van der Waals surface area contributed by atoms with Crippen molar-refractivity contribution in [3.05, 3.63) is 53.6 Å². The van der Waals surface area contributed by atoms with E-state index in [1.165, 1.54) is 0 Å². The Hall–Kier alpha value is -2.07. The summed E-state index contributed by atoms with van der Waals surface area (Å²) in [5.41, 5.74) is 7.51. The maximum Gasteiger partial charge on any atom is 0.131 e. The van der Waals surface area contributed by atoms with Crippen LogP contribution >= 0.6 is 12.2 Å². The van der Waals surface area contributed by atoms with E-state index in [0.29, 0.717) is 11.6 Å². The van der Waals surface area contributed by atoms with Crippen LogP contribution in [0.4, 0.5) is 0 Å². The third-order valence-corrected chi connectivity index (χ3v) is 3.04. The molecule has 0 aliphatic heterocycles. The molecule has 0 aliphatic carbocycles. The molecule has 0 saturated heterocycles. The second-order valence-electron chi connectivity index (χ2n) is 4.35. The van der Waals surface area contributed by atoms with E-state index in [1.807, 2.05) is 56.3 Å². The van der Waals surface area contributed by atoms with Gasteiger partial charge < -0.3 is 15.2 Å². The fourth-order valence-electron chi connectivity index (χ4n) is 1.91. The Labute approximate surface area is 124 Å². The maximum absolute atomic E-state index is 5.82.